The summed E-state index contributed by atoms with van der Waals surface area (Å²) in [5.74, 6) is 0.0610. The molecule has 0 bridgehead atoms. The number of hydrogen-bond acceptors (Lipinski definition) is 4. The Balaban J connectivity index is 2.55. The maximum absolute atomic E-state index is 11.3. The van der Waals surface area contributed by atoms with Crippen LogP contribution in [0.15, 0.2) is 28.7 Å². The zero-order chi connectivity index (χ0) is 11.7. The summed E-state index contributed by atoms with van der Waals surface area (Å²) >= 11 is 0. The molecule has 0 aliphatic carbocycles. The second-order valence-corrected chi connectivity index (χ2v) is 3.54. The molecule has 1 heterocycles. The molecule has 1 atom stereocenters. The van der Waals surface area contributed by atoms with Gasteiger partial charge in [0.15, 0.2) is 6.10 Å². The largest absolute Gasteiger partial charge is 0.467 e. The normalized spacial score (nSPS) is 12.7. The average Bonchev–Trinajstić information content (AvgIpc) is 2.66. The van der Waals surface area contributed by atoms with Crippen molar-refractivity contribution in [3.8, 4) is 0 Å². The molecule has 2 aromatic rings. The highest BCUT2D eigenvalue weighted by atomic mass is 16.5. The SMILES string of the molecule is COC(=O)C(O)c1cccc2oc(C)cc12. The maximum Gasteiger partial charge on any atom is 0.339 e. The summed E-state index contributed by atoms with van der Waals surface area (Å²) in [5.41, 5.74) is 1.15. The summed E-state index contributed by atoms with van der Waals surface area (Å²) in [6, 6.07) is 6.98. The van der Waals surface area contributed by atoms with E-state index in [1.54, 1.807) is 24.3 Å². The predicted molar refractivity (Wildman–Crippen MR) is 57.9 cm³/mol. The molecule has 0 radical (unpaired) electrons. The van der Waals surface area contributed by atoms with Crippen molar-refractivity contribution in [3.63, 3.8) is 0 Å². The predicted octanol–water partition coefficient (Wildman–Crippen LogP) is 1.95. The number of esters is 1. The second-order valence-electron chi connectivity index (χ2n) is 3.54. The highest BCUT2D eigenvalue weighted by Gasteiger charge is 2.21. The molecule has 4 heteroatoms. The van der Waals surface area contributed by atoms with Crippen molar-refractivity contribution in [3.05, 3.63) is 35.6 Å². The Kier molecular flexibility index (Phi) is 2.66. The molecule has 0 aliphatic heterocycles. The van der Waals surface area contributed by atoms with E-state index in [0.29, 0.717) is 11.1 Å². The molecule has 4 nitrogen and oxygen atoms in total. The first-order valence-electron chi connectivity index (χ1n) is 4.88. The fraction of sp³-hybridized carbons (Fsp3) is 0.250. The number of hydrogen-bond donors (Lipinski definition) is 1. The van der Waals surface area contributed by atoms with Gasteiger partial charge in [0.25, 0.3) is 0 Å². The molecule has 0 saturated heterocycles. The molecule has 1 unspecified atom stereocenters. The Morgan fingerprint density at radius 3 is 2.94 bits per heavy atom. The first kappa shape index (κ1) is 10.7. The highest BCUT2D eigenvalue weighted by molar-refractivity contribution is 5.88. The number of aryl methyl sites for hydroxylation is 1. The Hall–Kier alpha value is -1.81. The van der Waals surface area contributed by atoms with Gasteiger partial charge in [-0.2, -0.15) is 0 Å². The van der Waals surface area contributed by atoms with Crippen LogP contribution in [-0.4, -0.2) is 18.2 Å². The van der Waals surface area contributed by atoms with Gasteiger partial charge in [-0.3, -0.25) is 0 Å². The summed E-state index contributed by atoms with van der Waals surface area (Å²) in [6.07, 6.45) is -1.27. The van der Waals surface area contributed by atoms with Gasteiger partial charge in [-0.05, 0) is 19.1 Å². The van der Waals surface area contributed by atoms with E-state index in [1.165, 1.54) is 7.11 Å². The monoisotopic (exact) mass is 220 g/mol. The van der Waals surface area contributed by atoms with Crippen LogP contribution in [0.5, 0.6) is 0 Å². The fourth-order valence-electron chi connectivity index (χ4n) is 1.69. The minimum atomic E-state index is -1.27. The lowest BCUT2D eigenvalue weighted by Gasteiger charge is -2.08. The van der Waals surface area contributed by atoms with Crippen molar-refractivity contribution in [1.29, 1.82) is 0 Å². The lowest BCUT2D eigenvalue weighted by atomic mass is 10.0. The van der Waals surface area contributed by atoms with Crippen LogP contribution in [0.3, 0.4) is 0 Å². The number of carbonyl (C=O) groups excluding carboxylic acids is 1. The highest BCUT2D eigenvalue weighted by Crippen LogP contribution is 2.27. The van der Waals surface area contributed by atoms with E-state index in [2.05, 4.69) is 4.74 Å². The zero-order valence-corrected chi connectivity index (χ0v) is 9.06. The number of aliphatic hydroxyl groups is 1. The zero-order valence-electron chi connectivity index (χ0n) is 9.06. The molecule has 0 saturated carbocycles. The van der Waals surface area contributed by atoms with E-state index in [4.69, 9.17) is 4.42 Å². The van der Waals surface area contributed by atoms with Crippen LogP contribution in [0, 0.1) is 6.92 Å². The standard InChI is InChI=1S/C12H12O4/c1-7-6-9-8(11(13)12(14)15-2)4-3-5-10(9)16-7/h3-6,11,13H,1-2H3. The quantitative estimate of drug-likeness (QED) is 0.786. The minimum Gasteiger partial charge on any atom is -0.467 e. The average molecular weight is 220 g/mol. The Bertz CT molecular complexity index is 527. The first-order chi connectivity index (χ1) is 7.63. The van der Waals surface area contributed by atoms with Gasteiger partial charge in [0, 0.05) is 10.9 Å². The molecule has 1 N–H and O–H groups in total. The van der Waals surface area contributed by atoms with Crippen LogP contribution in [0.1, 0.15) is 17.4 Å². The van der Waals surface area contributed by atoms with Gasteiger partial charge in [0.2, 0.25) is 0 Å². The van der Waals surface area contributed by atoms with E-state index in [1.807, 2.05) is 6.92 Å². The maximum atomic E-state index is 11.3. The third-order valence-electron chi connectivity index (χ3n) is 2.44. The minimum absolute atomic E-state index is 0.501. The lowest BCUT2D eigenvalue weighted by Crippen LogP contribution is -2.13. The smallest absolute Gasteiger partial charge is 0.339 e. The van der Waals surface area contributed by atoms with E-state index in [-0.39, 0.29) is 0 Å². The van der Waals surface area contributed by atoms with E-state index in [9.17, 15) is 9.90 Å². The third kappa shape index (κ3) is 1.67. The van der Waals surface area contributed by atoms with Gasteiger partial charge in [0.05, 0.1) is 7.11 Å². The Labute approximate surface area is 92.4 Å². The summed E-state index contributed by atoms with van der Waals surface area (Å²) in [7, 11) is 1.24. The first-order valence-corrected chi connectivity index (χ1v) is 4.88. The fourth-order valence-corrected chi connectivity index (χ4v) is 1.69. The summed E-state index contributed by atoms with van der Waals surface area (Å²) < 4.78 is 9.91. The van der Waals surface area contributed by atoms with Crippen molar-refractivity contribution in [2.75, 3.05) is 7.11 Å². The summed E-state index contributed by atoms with van der Waals surface area (Å²) in [4.78, 5) is 11.3. The molecule has 0 aliphatic rings. The van der Waals surface area contributed by atoms with Crippen molar-refractivity contribution >= 4 is 16.9 Å². The van der Waals surface area contributed by atoms with Gasteiger partial charge < -0.3 is 14.3 Å². The summed E-state index contributed by atoms with van der Waals surface area (Å²) in [5, 5.41) is 10.5. The molecular weight excluding hydrogens is 208 g/mol. The third-order valence-corrected chi connectivity index (χ3v) is 2.44. The molecule has 0 spiro atoms. The lowest BCUT2D eigenvalue weighted by molar-refractivity contribution is -0.150. The Morgan fingerprint density at radius 1 is 1.50 bits per heavy atom. The van der Waals surface area contributed by atoms with Crippen LogP contribution in [0.2, 0.25) is 0 Å². The Morgan fingerprint density at radius 2 is 2.25 bits per heavy atom. The molecule has 16 heavy (non-hydrogen) atoms. The van der Waals surface area contributed by atoms with Crippen molar-refractivity contribution in [1.82, 2.24) is 0 Å². The number of carbonyl (C=O) groups is 1. The van der Waals surface area contributed by atoms with Gasteiger partial charge in [0.1, 0.15) is 11.3 Å². The van der Waals surface area contributed by atoms with Crippen molar-refractivity contribution in [2.45, 2.75) is 13.0 Å². The van der Waals surface area contributed by atoms with Gasteiger partial charge in [-0.1, -0.05) is 12.1 Å². The van der Waals surface area contributed by atoms with E-state index >= 15 is 0 Å². The number of ether oxygens (including phenoxy) is 1. The van der Waals surface area contributed by atoms with E-state index < -0.39 is 12.1 Å². The number of benzene rings is 1. The molecule has 84 valence electrons. The van der Waals surface area contributed by atoms with Crippen LogP contribution in [0.4, 0.5) is 0 Å². The summed E-state index contributed by atoms with van der Waals surface area (Å²) in [6.45, 7) is 1.81. The number of rotatable bonds is 2. The molecule has 0 fully saturated rings. The number of fused-ring (bicyclic) bond motifs is 1. The van der Waals surface area contributed by atoms with Gasteiger partial charge in [-0.25, -0.2) is 4.79 Å². The number of aliphatic hydroxyl groups excluding tert-OH is 1. The molecule has 2 rings (SSSR count). The van der Waals surface area contributed by atoms with Gasteiger partial charge >= 0.3 is 5.97 Å². The van der Waals surface area contributed by atoms with E-state index in [0.717, 1.165) is 11.1 Å². The number of furan rings is 1. The number of methoxy groups -OCH3 is 1. The molecule has 0 amide bonds. The molecule has 1 aromatic carbocycles. The van der Waals surface area contributed by atoms with Crippen LogP contribution in [-0.2, 0) is 9.53 Å². The van der Waals surface area contributed by atoms with Gasteiger partial charge in [-0.15, -0.1) is 0 Å². The molecule has 1 aromatic heterocycles. The van der Waals surface area contributed by atoms with Crippen LogP contribution < -0.4 is 0 Å². The van der Waals surface area contributed by atoms with Crippen LogP contribution in [0.25, 0.3) is 11.0 Å². The van der Waals surface area contributed by atoms with Crippen LogP contribution >= 0.6 is 0 Å². The van der Waals surface area contributed by atoms with Crippen molar-refractivity contribution in [2.24, 2.45) is 0 Å². The van der Waals surface area contributed by atoms with Crippen molar-refractivity contribution < 1.29 is 19.1 Å². The topological polar surface area (TPSA) is 59.7 Å². The molecular formula is C12H12O4. The second kappa shape index (κ2) is 3.98.